The monoisotopic (exact) mass is 531 g/mol. The average molecular weight is 532 g/mol. The van der Waals surface area contributed by atoms with Crippen molar-refractivity contribution in [3.8, 4) is 5.75 Å². The Balaban J connectivity index is 1.40. The van der Waals surface area contributed by atoms with Gasteiger partial charge in [-0.3, -0.25) is 9.78 Å². The third-order valence-corrected chi connectivity index (χ3v) is 9.18. The summed E-state index contributed by atoms with van der Waals surface area (Å²) < 4.78 is 26.5. The van der Waals surface area contributed by atoms with Crippen LogP contribution >= 0.6 is 23.1 Å². The summed E-state index contributed by atoms with van der Waals surface area (Å²) in [4.78, 5) is 18.8. The number of halogens is 1. The third-order valence-electron chi connectivity index (χ3n) is 7.07. The number of thiophene rings is 1. The highest BCUT2D eigenvalue weighted by Gasteiger charge is 2.31. The van der Waals surface area contributed by atoms with Crippen molar-refractivity contribution in [1.82, 2.24) is 9.88 Å². The van der Waals surface area contributed by atoms with Gasteiger partial charge >= 0.3 is 5.97 Å². The Morgan fingerprint density at radius 1 is 1.33 bits per heavy atom. The lowest BCUT2D eigenvalue weighted by Crippen LogP contribution is -2.42. The first-order valence-electron chi connectivity index (χ1n) is 12.3. The Morgan fingerprint density at radius 2 is 2.19 bits per heavy atom. The topological polar surface area (TPSA) is 77.7 Å². The summed E-state index contributed by atoms with van der Waals surface area (Å²) >= 11 is 3.64. The maximum absolute atomic E-state index is 14.9. The Morgan fingerprint density at radius 3 is 2.94 bits per heavy atom. The lowest BCUT2D eigenvalue weighted by Gasteiger charge is -2.38. The number of carbonyl (C=O) groups is 1. The molecule has 2 aromatic heterocycles. The quantitative estimate of drug-likeness (QED) is 0.258. The fraction of sp³-hybridized carbons (Fsp3) is 0.481. The first kappa shape index (κ1) is 26.9. The van der Waals surface area contributed by atoms with E-state index in [1.54, 1.807) is 24.5 Å². The molecule has 1 saturated heterocycles. The van der Waals surface area contributed by atoms with Gasteiger partial charge in [0.2, 0.25) is 0 Å². The van der Waals surface area contributed by atoms with E-state index in [0.717, 1.165) is 38.2 Å². The molecule has 36 heavy (non-hydrogen) atoms. The Kier molecular flexibility index (Phi) is 9.59. The molecule has 194 valence electrons. The van der Waals surface area contributed by atoms with Gasteiger partial charge in [-0.2, -0.15) is 0 Å². The summed E-state index contributed by atoms with van der Waals surface area (Å²) in [6.07, 6.45) is 4.09. The number of rotatable bonds is 11. The van der Waals surface area contributed by atoms with Crippen LogP contribution in [0, 0.1) is 17.7 Å². The van der Waals surface area contributed by atoms with Crippen molar-refractivity contribution in [2.75, 3.05) is 39.6 Å². The van der Waals surface area contributed by atoms with Gasteiger partial charge < -0.3 is 20.1 Å². The number of esters is 1. The normalized spacial score (nSPS) is 19.3. The molecule has 6 nitrogen and oxygen atoms in total. The number of ether oxygens (including phenoxy) is 2. The molecule has 1 aromatic carbocycles. The highest BCUT2D eigenvalue weighted by molar-refractivity contribution is 8.01. The van der Waals surface area contributed by atoms with Crippen LogP contribution in [0.2, 0.25) is 0 Å². The average Bonchev–Trinajstić information content (AvgIpc) is 3.41. The number of benzene rings is 1. The molecule has 1 aliphatic rings. The first-order chi connectivity index (χ1) is 17.5. The van der Waals surface area contributed by atoms with E-state index >= 15 is 0 Å². The number of nitrogens with two attached hydrogens (primary N) is 1. The van der Waals surface area contributed by atoms with Crippen molar-refractivity contribution < 1.29 is 18.7 Å². The van der Waals surface area contributed by atoms with Gasteiger partial charge in [0.15, 0.2) is 0 Å². The van der Waals surface area contributed by atoms with E-state index in [1.165, 1.54) is 17.5 Å². The molecule has 0 bridgehead atoms. The van der Waals surface area contributed by atoms with Gasteiger partial charge in [-0.25, -0.2) is 4.39 Å². The predicted molar refractivity (Wildman–Crippen MR) is 144 cm³/mol. The van der Waals surface area contributed by atoms with E-state index in [9.17, 15) is 9.18 Å². The van der Waals surface area contributed by atoms with E-state index < -0.39 is 11.9 Å². The molecule has 0 amide bonds. The number of nitrogens with zero attached hydrogens (tertiary/aromatic N) is 2. The fourth-order valence-electron chi connectivity index (χ4n) is 5.10. The number of likely N-dealkylation sites (tertiary alicyclic amines) is 1. The van der Waals surface area contributed by atoms with Gasteiger partial charge in [0, 0.05) is 42.3 Å². The van der Waals surface area contributed by atoms with Crippen LogP contribution in [-0.4, -0.2) is 55.5 Å². The molecule has 0 saturated carbocycles. The molecule has 0 aliphatic carbocycles. The van der Waals surface area contributed by atoms with Gasteiger partial charge in [0.05, 0.1) is 30.1 Å². The second kappa shape index (κ2) is 12.9. The molecule has 3 heterocycles. The molecule has 1 aliphatic heterocycles. The molecule has 2 N–H and O–H groups in total. The standard InChI is InChI=1S/C27H34FN3O3S2/c1-33-20-6-8-24-21(15-20)27(22(28)16-30-24)23(29)7-5-18-9-10-31(17-19(18)14-25(32)34-2)11-13-36-26-4-3-12-35-26/h3-4,6,8,12,15-16,18-19,23H,5,7,9-11,13-14,17,29H2,1-2H3/t18?,19-,23-/m1/s1. The van der Waals surface area contributed by atoms with Gasteiger partial charge in [-0.1, -0.05) is 6.07 Å². The molecule has 0 radical (unpaired) electrons. The maximum Gasteiger partial charge on any atom is 0.305 e. The summed E-state index contributed by atoms with van der Waals surface area (Å²) in [5, 5.41) is 2.79. The van der Waals surface area contributed by atoms with Crippen LogP contribution in [0.5, 0.6) is 5.75 Å². The van der Waals surface area contributed by atoms with E-state index in [4.69, 9.17) is 15.2 Å². The summed E-state index contributed by atoms with van der Waals surface area (Å²) in [6, 6.07) is 9.19. The number of hydrogen-bond donors (Lipinski definition) is 1. The zero-order valence-corrected chi connectivity index (χ0v) is 22.5. The minimum absolute atomic E-state index is 0.178. The van der Waals surface area contributed by atoms with Crippen LogP contribution < -0.4 is 10.5 Å². The van der Waals surface area contributed by atoms with Gasteiger partial charge in [0.25, 0.3) is 0 Å². The summed E-state index contributed by atoms with van der Waals surface area (Å²) in [5.74, 6) is 1.63. The number of pyridine rings is 1. The van der Waals surface area contributed by atoms with Crippen LogP contribution in [-0.2, 0) is 9.53 Å². The number of carbonyl (C=O) groups excluding carboxylic acids is 1. The lowest BCUT2D eigenvalue weighted by molar-refractivity contribution is -0.142. The molecule has 3 aromatic rings. The number of thioether (sulfide) groups is 1. The zero-order valence-electron chi connectivity index (χ0n) is 20.8. The van der Waals surface area contributed by atoms with Gasteiger partial charge in [0.1, 0.15) is 11.6 Å². The molecule has 3 atom stereocenters. The van der Waals surface area contributed by atoms with E-state index in [1.807, 2.05) is 23.9 Å². The van der Waals surface area contributed by atoms with Crippen LogP contribution in [0.15, 0.2) is 46.1 Å². The minimum Gasteiger partial charge on any atom is -0.497 e. The lowest BCUT2D eigenvalue weighted by atomic mass is 9.79. The third kappa shape index (κ3) is 6.76. The van der Waals surface area contributed by atoms with Crippen LogP contribution in [0.3, 0.4) is 0 Å². The second-order valence-corrected chi connectivity index (χ2v) is 11.6. The largest absolute Gasteiger partial charge is 0.497 e. The zero-order chi connectivity index (χ0) is 25.5. The fourth-order valence-corrected chi connectivity index (χ4v) is 6.96. The molecular formula is C27H34FN3O3S2. The summed E-state index contributed by atoms with van der Waals surface area (Å²) in [7, 11) is 3.03. The number of methoxy groups -OCH3 is 2. The van der Waals surface area contributed by atoms with Crippen LogP contribution in [0.4, 0.5) is 4.39 Å². The van der Waals surface area contributed by atoms with Gasteiger partial charge in [-0.15, -0.1) is 23.1 Å². The van der Waals surface area contributed by atoms with Crippen molar-refractivity contribution >= 4 is 40.0 Å². The Bertz CT molecular complexity index is 1140. The van der Waals surface area contributed by atoms with Crippen molar-refractivity contribution in [1.29, 1.82) is 0 Å². The van der Waals surface area contributed by atoms with Crippen molar-refractivity contribution in [2.24, 2.45) is 17.6 Å². The van der Waals surface area contributed by atoms with E-state index in [0.29, 0.717) is 41.0 Å². The summed E-state index contributed by atoms with van der Waals surface area (Å²) in [5.41, 5.74) is 7.74. The number of fused-ring (bicyclic) bond motifs is 1. The number of hydrogen-bond acceptors (Lipinski definition) is 8. The Hall–Kier alpha value is -2.20. The molecule has 1 fully saturated rings. The smallest absolute Gasteiger partial charge is 0.305 e. The molecule has 0 spiro atoms. The molecule has 9 heteroatoms. The molecular weight excluding hydrogens is 497 g/mol. The van der Waals surface area contributed by atoms with Crippen molar-refractivity contribution in [2.45, 2.75) is 35.9 Å². The van der Waals surface area contributed by atoms with Crippen molar-refractivity contribution in [3.05, 3.63) is 53.3 Å². The number of aromatic nitrogens is 1. The van der Waals surface area contributed by atoms with Crippen LogP contribution in [0.25, 0.3) is 10.9 Å². The van der Waals surface area contributed by atoms with Gasteiger partial charge in [-0.05, 0) is 67.3 Å². The van der Waals surface area contributed by atoms with Crippen LogP contribution in [0.1, 0.15) is 37.3 Å². The molecule has 1 unspecified atom stereocenters. The molecule has 4 rings (SSSR count). The number of piperidine rings is 1. The SMILES string of the molecule is COC(=O)C[C@@H]1CN(CCSc2cccs2)CCC1CC[C@@H](N)c1c(F)cnc2ccc(OC)cc12. The highest BCUT2D eigenvalue weighted by atomic mass is 32.2. The van der Waals surface area contributed by atoms with E-state index in [2.05, 4.69) is 27.4 Å². The van der Waals surface area contributed by atoms with Crippen molar-refractivity contribution in [3.63, 3.8) is 0 Å². The predicted octanol–water partition coefficient (Wildman–Crippen LogP) is 5.52. The Labute approximate surface area is 220 Å². The van der Waals surface area contributed by atoms with E-state index in [-0.39, 0.29) is 11.9 Å². The second-order valence-electron chi connectivity index (χ2n) is 9.26. The first-order valence-corrected chi connectivity index (χ1v) is 14.2. The minimum atomic E-state index is -0.471. The maximum atomic E-state index is 14.9. The summed E-state index contributed by atoms with van der Waals surface area (Å²) in [6.45, 7) is 2.85. The highest BCUT2D eigenvalue weighted by Crippen LogP contribution is 2.35.